The maximum absolute atomic E-state index is 5.63. The van der Waals surface area contributed by atoms with Gasteiger partial charge in [0.25, 0.3) is 0 Å². The van der Waals surface area contributed by atoms with Crippen LogP contribution in [0.25, 0.3) is 11.0 Å². The molecule has 2 aromatic rings. The van der Waals surface area contributed by atoms with Crippen LogP contribution < -0.4 is 5.73 Å². The molecule has 1 unspecified atom stereocenters. The Balaban J connectivity index is 2.50. The van der Waals surface area contributed by atoms with E-state index < -0.39 is 0 Å². The Bertz CT molecular complexity index is 445. The Labute approximate surface area is 83.3 Å². The third-order valence-electron chi connectivity index (χ3n) is 2.55. The zero-order valence-corrected chi connectivity index (χ0v) is 8.54. The molecule has 0 saturated carbocycles. The van der Waals surface area contributed by atoms with Crippen LogP contribution in [0.4, 0.5) is 0 Å². The van der Waals surface area contributed by atoms with Crippen LogP contribution in [0.5, 0.6) is 0 Å². The molecule has 0 aliphatic heterocycles. The van der Waals surface area contributed by atoms with Gasteiger partial charge in [-0.15, -0.1) is 0 Å². The average molecular weight is 189 g/mol. The largest absolute Gasteiger partial charge is 0.342 e. The highest BCUT2D eigenvalue weighted by Gasteiger charge is 2.05. The molecule has 3 nitrogen and oxygen atoms in total. The summed E-state index contributed by atoms with van der Waals surface area (Å²) in [5, 5.41) is 0. The van der Waals surface area contributed by atoms with E-state index in [2.05, 4.69) is 29.0 Å². The van der Waals surface area contributed by atoms with Crippen LogP contribution in [0.2, 0.25) is 0 Å². The Hall–Kier alpha value is -1.35. The molecule has 14 heavy (non-hydrogen) atoms. The number of nitrogens with zero attached hydrogens (tertiary/aromatic N) is 1. The topological polar surface area (TPSA) is 54.7 Å². The van der Waals surface area contributed by atoms with Gasteiger partial charge in [-0.3, -0.25) is 0 Å². The highest BCUT2D eigenvalue weighted by Crippen LogP contribution is 2.19. The number of aromatic nitrogens is 2. The van der Waals surface area contributed by atoms with Crippen molar-refractivity contribution in [3.8, 4) is 0 Å². The van der Waals surface area contributed by atoms with Crippen molar-refractivity contribution in [3.63, 3.8) is 0 Å². The number of hydrogen-bond acceptors (Lipinski definition) is 2. The maximum atomic E-state index is 5.63. The van der Waals surface area contributed by atoms with Gasteiger partial charge in [-0.05, 0) is 37.1 Å². The molecule has 0 bridgehead atoms. The quantitative estimate of drug-likeness (QED) is 0.758. The lowest BCUT2D eigenvalue weighted by Crippen LogP contribution is -2.08. The van der Waals surface area contributed by atoms with Gasteiger partial charge in [0.05, 0.1) is 11.0 Å². The summed E-state index contributed by atoms with van der Waals surface area (Å²) < 4.78 is 0. The third-order valence-corrected chi connectivity index (χ3v) is 2.55. The van der Waals surface area contributed by atoms with E-state index in [0.29, 0.717) is 12.5 Å². The van der Waals surface area contributed by atoms with Crippen LogP contribution in [-0.2, 0) is 0 Å². The van der Waals surface area contributed by atoms with E-state index in [0.717, 1.165) is 16.9 Å². The van der Waals surface area contributed by atoms with E-state index in [1.807, 2.05) is 13.0 Å². The third kappa shape index (κ3) is 1.51. The second-order valence-electron chi connectivity index (χ2n) is 3.74. The molecule has 1 aromatic carbocycles. The predicted octanol–water partition coefficient (Wildman–Crippen LogP) is 1.93. The highest BCUT2D eigenvalue weighted by molar-refractivity contribution is 5.75. The Kier molecular flexibility index (Phi) is 2.25. The van der Waals surface area contributed by atoms with E-state index in [-0.39, 0.29) is 0 Å². The van der Waals surface area contributed by atoms with Crippen molar-refractivity contribution in [2.45, 2.75) is 19.8 Å². The first-order chi connectivity index (χ1) is 6.70. The van der Waals surface area contributed by atoms with Crippen LogP contribution in [0.15, 0.2) is 18.2 Å². The van der Waals surface area contributed by atoms with Crippen molar-refractivity contribution in [2.24, 2.45) is 5.73 Å². The first kappa shape index (κ1) is 9.21. The molecule has 1 aromatic heterocycles. The fourth-order valence-corrected chi connectivity index (χ4v) is 1.60. The number of nitrogens with one attached hydrogen (secondary N) is 1. The van der Waals surface area contributed by atoms with Crippen LogP contribution in [0.3, 0.4) is 0 Å². The molecule has 0 amide bonds. The van der Waals surface area contributed by atoms with Gasteiger partial charge in [-0.1, -0.05) is 13.0 Å². The van der Waals surface area contributed by atoms with Crippen LogP contribution >= 0.6 is 0 Å². The first-order valence-corrected chi connectivity index (χ1v) is 4.87. The number of imidazole rings is 1. The lowest BCUT2D eigenvalue weighted by Gasteiger charge is -2.07. The highest BCUT2D eigenvalue weighted by atomic mass is 14.9. The number of benzene rings is 1. The molecule has 1 atom stereocenters. The summed E-state index contributed by atoms with van der Waals surface area (Å²) >= 11 is 0. The fourth-order valence-electron chi connectivity index (χ4n) is 1.60. The minimum atomic E-state index is 0.406. The molecule has 0 saturated heterocycles. The average Bonchev–Trinajstić information content (AvgIpc) is 2.55. The van der Waals surface area contributed by atoms with Crippen molar-refractivity contribution in [1.82, 2.24) is 9.97 Å². The maximum Gasteiger partial charge on any atom is 0.104 e. The van der Waals surface area contributed by atoms with Crippen molar-refractivity contribution < 1.29 is 0 Å². The summed E-state index contributed by atoms with van der Waals surface area (Å²) in [4.78, 5) is 7.58. The van der Waals surface area contributed by atoms with Crippen LogP contribution in [-0.4, -0.2) is 16.5 Å². The second kappa shape index (κ2) is 3.42. The SMILES string of the molecule is Cc1nc2ccc(C(C)CN)cc2[nH]1. The normalized spacial score (nSPS) is 13.4. The summed E-state index contributed by atoms with van der Waals surface area (Å²) in [5.41, 5.74) is 9.02. The number of H-pyrrole nitrogens is 1. The van der Waals surface area contributed by atoms with Crippen LogP contribution in [0, 0.1) is 6.92 Å². The van der Waals surface area contributed by atoms with Gasteiger partial charge in [0, 0.05) is 0 Å². The molecule has 1 heterocycles. The molecule has 0 aliphatic carbocycles. The second-order valence-corrected chi connectivity index (χ2v) is 3.74. The number of fused-ring (bicyclic) bond motifs is 1. The number of nitrogens with two attached hydrogens (primary N) is 1. The van der Waals surface area contributed by atoms with E-state index in [1.165, 1.54) is 5.56 Å². The van der Waals surface area contributed by atoms with Gasteiger partial charge in [-0.25, -0.2) is 4.98 Å². The van der Waals surface area contributed by atoms with E-state index >= 15 is 0 Å². The fraction of sp³-hybridized carbons (Fsp3) is 0.364. The molecule has 0 radical (unpaired) electrons. The summed E-state index contributed by atoms with van der Waals surface area (Å²) in [5.74, 6) is 1.36. The van der Waals surface area contributed by atoms with Gasteiger partial charge in [0.15, 0.2) is 0 Å². The zero-order valence-electron chi connectivity index (χ0n) is 8.54. The summed E-state index contributed by atoms with van der Waals surface area (Å²) in [7, 11) is 0. The van der Waals surface area contributed by atoms with Gasteiger partial charge in [0.2, 0.25) is 0 Å². The van der Waals surface area contributed by atoms with Crippen molar-refractivity contribution in [2.75, 3.05) is 6.54 Å². The van der Waals surface area contributed by atoms with Gasteiger partial charge >= 0.3 is 0 Å². The number of aromatic amines is 1. The van der Waals surface area contributed by atoms with Gasteiger partial charge in [-0.2, -0.15) is 0 Å². The monoisotopic (exact) mass is 189 g/mol. The Morgan fingerprint density at radius 3 is 3.00 bits per heavy atom. The van der Waals surface area contributed by atoms with Gasteiger partial charge in [0.1, 0.15) is 5.82 Å². The van der Waals surface area contributed by atoms with Crippen molar-refractivity contribution >= 4 is 11.0 Å². The molecular formula is C11H15N3. The number of hydrogen-bond donors (Lipinski definition) is 2. The lowest BCUT2D eigenvalue weighted by molar-refractivity contribution is 0.775. The molecular weight excluding hydrogens is 174 g/mol. The van der Waals surface area contributed by atoms with Gasteiger partial charge < -0.3 is 10.7 Å². The standard InChI is InChI=1S/C11H15N3/c1-7(6-12)9-3-4-10-11(5-9)14-8(2)13-10/h3-5,7H,6,12H2,1-2H3,(H,13,14). The zero-order chi connectivity index (χ0) is 10.1. The molecule has 74 valence electrons. The van der Waals surface area contributed by atoms with Crippen molar-refractivity contribution in [1.29, 1.82) is 0 Å². The molecule has 0 aliphatic rings. The smallest absolute Gasteiger partial charge is 0.104 e. The molecule has 0 spiro atoms. The first-order valence-electron chi connectivity index (χ1n) is 4.87. The molecule has 2 rings (SSSR count). The predicted molar refractivity (Wildman–Crippen MR) is 58.3 cm³/mol. The molecule has 3 heteroatoms. The Morgan fingerprint density at radius 1 is 1.50 bits per heavy atom. The summed E-state index contributed by atoms with van der Waals surface area (Å²) in [6.07, 6.45) is 0. The van der Waals surface area contributed by atoms with Crippen molar-refractivity contribution in [3.05, 3.63) is 29.6 Å². The summed E-state index contributed by atoms with van der Waals surface area (Å²) in [6, 6.07) is 6.27. The lowest BCUT2D eigenvalue weighted by atomic mass is 10.0. The minimum absolute atomic E-state index is 0.406. The number of aryl methyl sites for hydroxylation is 1. The summed E-state index contributed by atoms with van der Waals surface area (Å²) in [6.45, 7) is 4.77. The minimum Gasteiger partial charge on any atom is -0.342 e. The van der Waals surface area contributed by atoms with E-state index in [4.69, 9.17) is 5.73 Å². The number of rotatable bonds is 2. The van der Waals surface area contributed by atoms with Crippen LogP contribution in [0.1, 0.15) is 24.2 Å². The van der Waals surface area contributed by atoms with E-state index in [9.17, 15) is 0 Å². The van der Waals surface area contributed by atoms with E-state index in [1.54, 1.807) is 0 Å². The molecule has 3 N–H and O–H groups in total. The molecule has 0 fully saturated rings. The Morgan fingerprint density at radius 2 is 2.29 bits per heavy atom.